The van der Waals surface area contributed by atoms with Crippen LogP contribution in [0.15, 0.2) is 36.4 Å². The van der Waals surface area contributed by atoms with E-state index >= 15 is 0 Å². The lowest BCUT2D eigenvalue weighted by Crippen LogP contribution is -2.19. The van der Waals surface area contributed by atoms with E-state index in [0.29, 0.717) is 10.7 Å². The predicted molar refractivity (Wildman–Crippen MR) is 82.2 cm³/mol. The van der Waals surface area contributed by atoms with Gasteiger partial charge in [0.25, 0.3) is 0 Å². The van der Waals surface area contributed by atoms with Crippen molar-refractivity contribution < 1.29 is 14.1 Å². The summed E-state index contributed by atoms with van der Waals surface area (Å²) in [5, 5.41) is 16.0. The van der Waals surface area contributed by atoms with Gasteiger partial charge in [0, 0.05) is 17.4 Å². The molecule has 0 fully saturated rings. The van der Waals surface area contributed by atoms with E-state index in [9.17, 15) is 19.3 Å². The minimum Gasteiger partial charge on any atom is -0.308 e. The molecule has 2 aromatic carbocycles. The second kappa shape index (κ2) is 6.59. The van der Waals surface area contributed by atoms with Gasteiger partial charge < -0.3 is 10.6 Å². The van der Waals surface area contributed by atoms with Crippen LogP contribution in [0.5, 0.6) is 0 Å². The summed E-state index contributed by atoms with van der Waals surface area (Å²) in [6, 6.07) is 6.83. The predicted octanol–water partition coefficient (Wildman–Crippen LogP) is 4.68. The number of nitrogens with zero attached hydrogens (tertiary/aromatic N) is 1. The molecule has 0 bridgehead atoms. The van der Waals surface area contributed by atoms with Gasteiger partial charge in [-0.3, -0.25) is 10.1 Å². The average Bonchev–Trinajstić information content (AvgIpc) is 2.44. The van der Waals surface area contributed by atoms with Crippen molar-refractivity contribution in [1.29, 1.82) is 0 Å². The second-order valence-corrected chi connectivity index (χ2v) is 4.95. The first-order valence-corrected chi connectivity index (χ1v) is 6.59. The van der Waals surface area contributed by atoms with Crippen LogP contribution in [0.2, 0.25) is 10.0 Å². The molecule has 2 amide bonds. The van der Waals surface area contributed by atoms with Crippen LogP contribution in [0.25, 0.3) is 0 Å². The molecule has 0 saturated heterocycles. The Balaban J connectivity index is 2.10. The summed E-state index contributed by atoms with van der Waals surface area (Å²) in [7, 11) is 0. The van der Waals surface area contributed by atoms with Crippen LogP contribution in [0.4, 0.5) is 26.2 Å². The van der Waals surface area contributed by atoms with Crippen molar-refractivity contribution in [2.45, 2.75) is 0 Å². The molecule has 0 spiro atoms. The highest BCUT2D eigenvalue weighted by Gasteiger charge is 2.15. The number of nitrogens with one attached hydrogen (secondary N) is 2. The van der Waals surface area contributed by atoms with Gasteiger partial charge in [-0.25, -0.2) is 4.79 Å². The number of carbonyl (C=O) groups is 1. The van der Waals surface area contributed by atoms with E-state index in [1.807, 2.05) is 0 Å². The molecule has 0 aliphatic heterocycles. The molecule has 22 heavy (non-hydrogen) atoms. The molecule has 0 aromatic heterocycles. The van der Waals surface area contributed by atoms with E-state index in [-0.39, 0.29) is 10.7 Å². The Morgan fingerprint density at radius 3 is 2.23 bits per heavy atom. The Morgan fingerprint density at radius 2 is 1.64 bits per heavy atom. The zero-order chi connectivity index (χ0) is 16.3. The monoisotopic (exact) mass is 343 g/mol. The average molecular weight is 344 g/mol. The van der Waals surface area contributed by atoms with E-state index in [1.165, 1.54) is 24.3 Å². The fraction of sp³-hybridized carbons (Fsp3) is 0. The summed E-state index contributed by atoms with van der Waals surface area (Å²) in [6.07, 6.45) is 0. The Hall–Kier alpha value is -2.38. The number of hydrogen-bond donors (Lipinski definition) is 2. The summed E-state index contributed by atoms with van der Waals surface area (Å²) in [5.74, 6) is -0.986. The zero-order valence-electron chi connectivity index (χ0n) is 10.8. The minimum atomic E-state index is -0.986. The highest BCUT2D eigenvalue weighted by Crippen LogP contribution is 2.25. The summed E-state index contributed by atoms with van der Waals surface area (Å²) in [4.78, 5) is 21.5. The standard InChI is InChI=1S/C13H8Cl2FN3O3/c14-9-3-1-7(5-10(9)15)17-13(20)18-8-2-4-11(16)12(6-8)19(21)22/h1-6H,(H2,17,18,20). The van der Waals surface area contributed by atoms with Gasteiger partial charge in [-0.2, -0.15) is 4.39 Å². The number of halogens is 3. The van der Waals surface area contributed by atoms with Crippen molar-refractivity contribution in [3.05, 3.63) is 62.4 Å². The van der Waals surface area contributed by atoms with Gasteiger partial charge in [0.15, 0.2) is 0 Å². The fourth-order valence-corrected chi connectivity index (χ4v) is 1.90. The van der Waals surface area contributed by atoms with Crippen molar-refractivity contribution in [1.82, 2.24) is 0 Å². The first kappa shape index (κ1) is 16.0. The molecule has 2 rings (SSSR count). The number of nitro groups is 1. The Kier molecular flexibility index (Phi) is 4.79. The lowest BCUT2D eigenvalue weighted by molar-refractivity contribution is -0.387. The van der Waals surface area contributed by atoms with Gasteiger partial charge in [0.1, 0.15) is 0 Å². The van der Waals surface area contributed by atoms with Crippen molar-refractivity contribution in [2.75, 3.05) is 10.6 Å². The molecule has 0 saturated carbocycles. The van der Waals surface area contributed by atoms with Crippen molar-refractivity contribution in [2.24, 2.45) is 0 Å². The summed E-state index contributed by atoms with van der Waals surface area (Å²) < 4.78 is 13.2. The lowest BCUT2D eigenvalue weighted by Gasteiger charge is -2.08. The molecule has 0 radical (unpaired) electrons. The highest BCUT2D eigenvalue weighted by atomic mass is 35.5. The van der Waals surface area contributed by atoms with Gasteiger partial charge in [-0.05, 0) is 30.3 Å². The van der Waals surface area contributed by atoms with Crippen LogP contribution in [-0.4, -0.2) is 11.0 Å². The molecule has 114 valence electrons. The molecule has 0 atom stereocenters. The van der Waals surface area contributed by atoms with Crippen molar-refractivity contribution in [3.8, 4) is 0 Å². The van der Waals surface area contributed by atoms with Crippen LogP contribution in [0.1, 0.15) is 0 Å². The maximum atomic E-state index is 13.2. The number of nitro benzene ring substituents is 1. The Bertz CT molecular complexity index is 755. The molecular formula is C13H8Cl2FN3O3. The number of anilines is 2. The number of benzene rings is 2. The van der Waals surface area contributed by atoms with Gasteiger partial charge in [-0.1, -0.05) is 23.2 Å². The van der Waals surface area contributed by atoms with E-state index in [4.69, 9.17) is 23.2 Å². The molecule has 0 aliphatic rings. The topological polar surface area (TPSA) is 84.3 Å². The van der Waals surface area contributed by atoms with Crippen LogP contribution >= 0.6 is 23.2 Å². The maximum absolute atomic E-state index is 13.2. The van der Waals surface area contributed by atoms with Crippen LogP contribution in [0, 0.1) is 15.9 Å². The van der Waals surface area contributed by atoms with Crippen molar-refractivity contribution in [3.63, 3.8) is 0 Å². The lowest BCUT2D eigenvalue weighted by atomic mass is 10.2. The number of amides is 2. The maximum Gasteiger partial charge on any atom is 0.323 e. The number of hydrogen-bond acceptors (Lipinski definition) is 3. The molecular weight excluding hydrogens is 336 g/mol. The third-order valence-corrected chi connectivity index (χ3v) is 3.32. The molecule has 0 unspecified atom stereocenters. The minimum absolute atomic E-state index is 0.0747. The SMILES string of the molecule is O=C(Nc1ccc(Cl)c(Cl)c1)Nc1ccc(F)c([N+](=O)[O-])c1. The van der Waals surface area contributed by atoms with E-state index in [2.05, 4.69) is 10.6 Å². The van der Waals surface area contributed by atoms with Crippen molar-refractivity contribution >= 4 is 46.3 Å². The molecule has 2 N–H and O–H groups in total. The normalized spacial score (nSPS) is 10.1. The second-order valence-electron chi connectivity index (χ2n) is 4.13. The third-order valence-electron chi connectivity index (χ3n) is 2.58. The zero-order valence-corrected chi connectivity index (χ0v) is 12.3. The van der Waals surface area contributed by atoms with Gasteiger partial charge in [0.05, 0.1) is 15.0 Å². The number of urea groups is 1. The van der Waals surface area contributed by atoms with Crippen LogP contribution in [-0.2, 0) is 0 Å². The Morgan fingerprint density at radius 1 is 1.05 bits per heavy atom. The van der Waals surface area contributed by atoms with Crippen LogP contribution < -0.4 is 10.6 Å². The smallest absolute Gasteiger partial charge is 0.308 e. The van der Waals surface area contributed by atoms with Crippen LogP contribution in [0.3, 0.4) is 0 Å². The van der Waals surface area contributed by atoms with Gasteiger partial charge in [0.2, 0.25) is 5.82 Å². The first-order valence-electron chi connectivity index (χ1n) is 5.84. The molecule has 0 heterocycles. The third kappa shape index (κ3) is 3.84. The fourth-order valence-electron chi connectivity index (χ4n) is 1.60. The number of rotatable bonds is 3. The number of carbonyl (C=O) groups excluding carboxylic acids is 1. The van der Waals surface area contributed by atoms with E-state index in [0.717, 1.165) is 12.1 Å². The Labute approximate surface area is 134 Å². The molecule has 2 aromatic rings. The van der Waals surface area contributed by atoms with Gasteiger partial charge in [-0.15, -0.1) is 0 Å². The van der Waals surface area contributed by atoms with E-state index in [1.54, 1.807) is 0 Å². The summed E-state index contributed by atoms with van der Waals surface area (Å²) in [6.45, 7) is 0. The quantitative estimate of drug-likeness (QED) is 0.626. The molecule has 0 aliphatic carbocycles. The molecule has 9 heteroatoms. The highest BCUT2D eigenvalue weighted by molar-refractivity contribution is 6.42. The van der Waals surface area contributed by atoms with Gasteiger partial charge >= 0.3 is 11.7 Å². The van der Waals surface area contributed by atoms with E-state index < -0.39 is 22.5 Å². The summed E-state index contributed by atoms with van der Waals surface area (Å²) in [5.41, 5.74) is -0.276. The largest absolute Gasteiger partial charge is 0.323 e. The molecule has 6 nitrogen and oxygen atoms in total. The summed E-state index contributed by atoms with van der Waals surface area (Å²) >= 11 is 11.6. The first-order chi connectivity index (χ1) is 10.4.